The van der Waals surface area contributed by atoms with Gasteiger partial charge in [-0.3, -0.25) is 9.59 Å². The zero-order valence-corrected chi connectivity index (χ0v) is 18.6. The smallest absolute Gasteiger partial charge is 0.290 e. The largest absolute Gasteiger partial charge is 0.495 e. The van der Waals surface area contributed by atoms with E-state index < -0.39 is 22.0 Å². The molecule has 9 nitrogen and oxygen atoms in total. The maximum absolute atomic E-state index is 13.0. The van der Waals surface area contributed by atoms with Gasteiger partial charge in [0.25, 0.3) is 5.91 Å². The molecule has 168 valence electrons. The molecule has 10 heteroatoms. The minimum Gasteiger partial charge on any atom is -0.495 e. The number of hydrogen-bond acceptors (Lipinski definition) is 6. The average Bonchev–Trinajstić information content (AvgIpc) is 3.46. The molecule has 1 aromatic heterocycles. The highest BCUT2D eigenvalue weighted by Crippen LogP contribution is 2.30. The van der Waals surface area contributed by atoms with Gasteiger partial charge in [0.15, 0.2) is 5.76 Å². The summed E-state index contributed by atoms with van der Waals surface area (Å²) in [6.45, 7) is 4.62. The van der Waals surface area contributed by atoms with Gasteiger partial charge in [-0.25, -0.2) is 8.42 Å². The fourth-order valence-electron chi connectivity index (χ4n) is 3.70. The number of likely N-dealkylation sites (tertiary alicyclic amines) is 1. The van der Waals surface area contributed by atoms with Gasteiger partial charge < -0.3 is 19.4 Å². The van der Waals surface area contributed by atoms with Gasteiger partial charge in [-0.15, -0.1) is 0 Å². The molecule has 1 N–H and O–H groups in total. The van der Waals surface area contributed by atoms with E-state index in [1.54, 1.807) is 26.0 Å². The van der Waals surface area contributed by atoms with Crippen LogP contribution in [0.1, 0.15) is 37.2 Å². The number of sulfonamides is 1. The predicted octanol–water partition coefficient (Wildman–Crippen LogP) is 2.56. The molecule has 1 aromatic carbocycles. The first-order valence-electron chi connectivity index (χ1n) is 10.2. The fourth-order valence-corrected chi connectivity index (χ4v) is 5.18. The van der Waals surface area contributed by atoms with E-state index in [9.17, 15) is 18.0 Å². The van der Waals surface area contributed by atoms with Crippen LogP contribution in [0, 0.1) is 0 Å². The van der Waals surface area contributed by atoms with Gasteiger partial charge >= 0.3 is 0 Å². The lowest BCUT2D eigenvalue weighted by Crippen LogP contribution is -2.43. The van der Waals surface area contributed by atoms with Crippen LogP contribution in [0.5, 0.6) is 5.75 Å². The first-order valence-corrected chi connectivity index (χ1v) is 11.6. The molecule has 1 aliphatic heterocycles. The molecule has 2 heterocycles. The van der Waals surface area contributed by atoms with E-state index in [0.717, 1.165) is 0 Å². The standard InChI is InChI=1S/C21H27N3O6S/c1-4-23(5-2)31(27,28)15-10-11-18(29-3)16(14-15)22-20(25)17-8-6-12-24(17)21(26)19-9-7-13-30-19/h7,9-11,13-14,17H,4-6,8,12H2,1-3H3,(H,22,25)/t17-/m0/s1. The number of rotatable bonds is 8. The van der Waals surface area contributed by atoms with E-state index >= 15 is 0 Å². The molecule has 2 aromatic rings. The average molecular weight is 450 g/mol. The second kappa shape index (κ2) is 9.52. The molecule has 0 bridgehead atoms. The van der Waals surface area contributed by atoms with Crippen LogP contribution in [0.3, 0.4) is 0 Å². The van der Waals surface area contributed by atoms with Crippen molar-refractivity contribution in [2.45, 2.75) is 37.6 Å². The molecule has 1 aliphatic rings. The van der Waals surface area contributed by atoms with E-state index in [-0.39, 0.29) is 22.3 Å². The second-order valence-corrected chi connectivity index (χ2v) is 9.01. The Morgan fingerprint density at radius 1 is 1.26 bits per heavy atom. The second-order valence-electron chi connectivity index (χ2n) is 7.07. The number of hydrogen-bond donors (Lipinski definition) is 1. The van der Waals surface area contributed by atoms with Crippen LogP contribution < -0.4 is 10.1 Å². The van der Waals surface area contributed by atoms with Crippen molar-refractivity contribution in [2.75, 3.05) is 32.1 Å². The maximum atomic E-state index is 13.0. The SMILES string of the molecule is CCN(CC)S(=O)(=O)c1ccc(OC)c(NC(=O)[C@@H]2CCCN2C(=O)c2ccco2)c1. The number of furan rings is 1. The van der Waals surface area contributed by atoms with Crippen molar-refractivity contribution in [3.8, 4) is 5.75 Å². The highest BCUT2D eigenvalue weighted by Gasteiger charge is 2.36. The number of benzene rings is 1. The molecule has 2 amide bonds. The van der Waals surface area contributed by atoms with Crippen LogP contribution >= 0.6 is 0 Å². The Morgan fingerprint density at radius 2 is 2.00 bits per heavy atom. The quantitative estimate of drug-likeness (QED) is 0.663. The summed E-state index contributed by atoms with van der Waals surface area (Å²) < 4.78 is 37.6. The van der Waals surface area contributed by atoms with Crippen LogP contribution in [-0.4, -0.2) is 62.2 Å². The van der Waals surface area contributed by atoms with E-state index in [1.807, 2.05) is 0 Å². The summed E-state index contributed by atoms with van der Waals surface area (Å²) in [5.41, 5.74) is 0.234. The summed E-state index contributed by atoms with van der Waals surface area (Å²) in [5, 5.41) is 2.75. The molecule has 31 heavy (non-hydrogen) atoms. The summed E-state index contributed by atoms with van der Waals surface area (Å²) in [6.07, 6.45) is 2.58. The number of nitrogens with one attached hydrogen (secondary N) is 1. The van der Waals surface area contributed by atoms with Gasteiger partial charge in [0.2, 0.25) is 15.9 Å². The lowest BCUT2D eigenvalue weighted by atomic mass is 10.2. The molecular weight excluding hydrogens is 422 g/mol. The van der Waals surface area contributed by atoms with Crippen LogP contribution in [0.4, 0.5) is 5.69 Å². The Kier molecular flexibility index (Phi) is 7.01. The summed E-state index contributed by atoms with van der Waals surface area (Å²) >= 11 is 0. The van der Waals surface area contributed by atoms with Gasteiger partial charge in [0.05, 0.1) is 24.0 Å². The van der Waals surface area contributed by atoms with Crippen LogP contribution in [0.15, 0.2) is 45.9 Å². The van der Waals surface area contributed by atoms with E-state index in [1.165, 1.54) is 40.8 Å². The fraction of sp³-hybridized carbons (Fsp3) is 0.429. The zero-order chi connectivity index (χ0) is 22.6. The van der Waals surface area contributed by atoms with E-state index in [2.05, 4.69) is 5.32 Å². The molecule has 0 saturated carbocycles. The highest BCUT2D eigenvalue weighted by atomic mass is 32.2. The molecule has 0 unspecified atom stereocenters. The predicted molar refractivity (Wildman–Crippen MR) is 114 cm³/mol. The van der Waals surface area contributed by atoms with Crippen molar-refractivity contribution >= 4 is 27.5 Å². The normalized spacial score (nSPS) is 16.5. The number of carbonyl (C=O) groups is 2. The molecular formula is C21H27N3O6S. The molecule has 0 aliphatic carbocycles. The number of ether oxygens (including phenoxy) is 1. The minimum atomic E-state index is -3.71. The third kappa shape index (κ3) is 4.59. The number of anilines is 1. The molecule has 0 spiro atoms. The van der Waals surface area contributed by atoms with E-state index in [0.29, 0.717) is 38.2 Å². The third-order valence-corrected chi connectivity index (χ3v) is 7.37. The number of amides is 2. The number of nitrogens with zero attached hydrogens (tertiary/aromatic N) is 2. The topological polar surface area (TPSA) is 109 Å². The van der Waals surface area contributed by atoms with E-state index in [4.69, 9.17) is 9.15 Å². The Balaban J connectivity index is 1.85. The molecule has 0 radical (unpaired) electrons. The van der Waals surface area contributed by atoms with Crippen molar-refractivity contribution < 1.29 is 27.2 Å². The Labute approximate surface area is 182 Å². The lowest BCUT2D eigenvalue weighted by molar-refractivity contribution is -0.119. The van der Waals surface area contributed by atoms with Gasteiger partial charge in [-0.1, -0.05) is 13.8 Å². The third-order valence-electron chi connectivity index (χ3n) is 5.32. The highest BCUT2D eigenvalue weighted by molar-refractivity contribution is 7.89. The maximum Gasteiger partial charge on any atom is 0.290 e. The van der Waals surface area contributed by atoms with Crippen molar-refractivity contribution in [1.29, 1.82) is 0 Å². The summed E-state index contributed by atoms with van der Waals surface area (Å²) in [5.74, 6) is -0.265. The molecule has 1 fully saturated rings. The first-order chi connectivity index (χ1) is 14.8. The first kappa shape index (κ1) is 22.8. The molecule has 3 rings (SSSR count). The number of methoxy groups -OCH3 is 1. The summed E-state index contributed by atoms with van der Waals surface area (Å²) in [4.78, 5) is 27.2. The van der Waals surface area contributed by atoms with Gasteiger partial charge in [-0.05, 0) is 43.2 Å². The Bertz CT molecular complexity index is 1030. The van der Waals surface area contributed by atoms with Gasteiger partial charge in [0.1, 0.15) is 11.8 Å². The number of carbonyl (C=O) groups excluding carboxylic acids is 2. The van der Waals surface area contributed by atoms with Crippen molar-refractivity contribution in [3.05, 3.63) is 42.4 Å². The Morgan fingerprint density at radius 3 is 2.61 bits per heavy atom. The van der Waals surface area contributed by atoms with Crippen LogP contribution in [-0.2, 0) is 14.8 Å². The zero-order valence-electron chi connectivity index (χ0n) is 17.8. The van der Waals surface area contributed by atoms with Gasteiger partial charge in [-0.2, -0.15) is 4.31 Å². The molecule has 1 saturated heterocycles. The lowest BCUT2D eigenvalue weighted by Gasteiger charge is -2.24. The minimum absolute atomic E-state index is 0.0576. The van der Waals surface area contributed by atoms with Crippen molar-refractivity contribution in [2.24, 2.45) is 0 Å². The van der Waals surface area contributed by atoms with Crippen molar-refractivity contribution in [3.63, 3.8) is 0 Å². The molecule has 1 atom stereocenters. The summed E-state index contributed by atoms with van der Waals surface area (Å²) in [7, 11) is -2.27. The Hall–Kier alpha value is -2.85. The monoisotopic (exact) mass is 449 g/mol. The van der Waals surface area contributed by atoms with Crippen LogP contribution in [0.2, 0.25) is 0 Å². The van der Waals surface area contributed by atoms with Crippen molar-refractivity contribution in [1.82, 2.24) is 9.21 Å². The van der Waals surface area contributed by atoms with Gasteiger partial charge in [0, 0.05) is 19.6 Å². The van der Waals surface area contributed by atoms with Crippen LogP contribution in [0.25, 0.3) is 0 Å². The summed E-state index contributed by atoms with van der Waals surface area (Å²) in [6, 6.07) is 6.82.